The zero-order valence-electron chi connectivity index (χ0n) is 21.3. The van der Waals surface area contributed by atoms with Crippen LogP contribution in [0.3, 0.4) is 0 Å². The summed E-state index contributed by atoms with van der Waals surface area (Å²) in [4.78, 5) is 17.3. The molecule has 39 heavy (non-hydrogen) atoms. The summed E-state index contributed by atoms with van der Waals surface area (Å²) in [5, 5.41) is 0.793. The van der Waals surface area contributed by atoms with E-state index in [0.29, 0.717) is 41.2 Å². The number of nitrogens with zero attached hydrogens (tertiary/aromatic N) is 5. The third-order valence-electron chi connectivity index (χ3n) is 7.62. The van der Waals surface area contributed by atoms with E-state index < -0.39 is 18.2 Å². The van der Waals surface area contributed by atoms with Crippen molar-refractivity contribution in [3.8, 4) is 17.1 Å². The third kappa shape index (κ3) is 4.96. The number of anilines is 2. The number of halogens is 4. The monoisotopic (exact) mass is 576 g/mol. The summed E-state index contributed by atoms with van der Waals surface area (Å²) in [6, 6.07) is 7.13. The fraction of sp³-hybridized carbons (Fsp3) is 0.444. The molecule has 2 aliphatic heterocycles. The predicted molar refractivity (Wildman–Crippen MR) is 150 cm³/mol. The van der Waals surface area contributed by atoms with Crippen LogP contribution in [0.15, 0.2) is 24.3 Å². The van der Waals surface area contributed by atoms with E-state index in [2.05, 4.69) is 19.9 Å². The fourth-order valence-electron chi connectivity index (χ4n) is 5.51. The van der Waals surface area contributed by atoms with Crippen LogP contribution in [0.1, 0.15) is 25.7 Å². The lowest BCUT2D eigenvalue weighted by molar-refractivity contribution is 0.171. The smallest absolute Gasteiger partial charge is 0.319 e. The summed E-state index contributed by atoms with van der Waals surface area (Å²) in [5.41, 5.74) is 7.08. The second kappa shape index (κ2) is 10.6. The highest BCUT2D eigenvalue weighted by atomic mass is 35.5. The molecule has 2 unspecified atom stereocenters. The van der Waals surface area contributed by atoms with E-state index in [9.17, 15) is 8.78 Å². The van der Waals surface area contributed by atoms with E-state index in [1.807, 2.05) is 13.1 Å². The summed E-state index contributed by atoms with van der Waals surface area (Å²) < 4.78 is 52.1. The van der Waals surface area contributed by atoms with Crippen molar-refractivity contribution >= 4 is 55.0 Å². The van der Waals surface area contributed by atoms with Gasteiger partial charge in [0.05, 0.1) is 21.8 Å². The molecule has 2 N–H and O–H groups in total. The molecule has 3 atom stereocenters. The second-order valence-corrected chi connectivity index (χ2v) is 11.7. The van der Waals surface area contributed by atoms with Crippen LogP contribution in [0.4, 0.5) is 24.1 Å². The van der Waals surface area contributed by atoms with Crippen LogP contribution in [0, 0.1) is 5.82 Å². The molecule has 0 radical (unpaired) electrons. The van der Waals surface area contributed by atoms with Crippen molar-refractivity contribution < 1.29 is 17.9 Å². The second-order valence-electron chi connectivity index (χ2n) is 10.2. The molecular weight excluding hydrogens is 549 g/mol. The summed E-state index contributed by atoms with van der Waals surface area (Å²) >= 11 is 8.01. The molecule has 0 bridgehead atoms. The molecule has 2 aliphatic rings. The van der Waals surface area contributed by atoms with Gasteiger partial charge in [-0.3, -0.25) is 0 Å². The van der Waals surface area contributed by atoms with E-state index in [1.165, 1.54) is 11.3 Å². The van der Waals surface area contributed by atoms with Crippen LogP contribution < -0.4 is 15.4 Å². The Morgan fingerprint density at radius 3 is 2.72 bits per heavy atom. The number of likely N-dealkylation sites (N-methyl/N-ethyl adjacent to an activating group) is 1. The van der Waals surface area contributed by atoms with E-state index in [4.69, 9.17) is 22.1 Å². The molecule has 2 fully saturated rings. The Bertz CT molecular complexity index is 1540. The minimum Gasteiger partial charge on any atom is -0.462 e. The van der Waals surface area contributed by atoms with Crippen molar-refractivity contribution in [3.05, 3.63) is 35.1 Å². The zero-order chi connectivity index (χ0) is 27.3. The van der Waals surface area contributed by atoms with Crippen LogP contribution in [0.5, 0.6) is 6.01 Å². The van der Waals surface area contributed by atoms with Gasteiger partial charge in [-0.2, -0.15) is 9.97 Å². The van der Waals surface area contributed by atoms with Gasteiger partial charge in [0.15, 0.2) is 10.9 Å². The van der Waals surface area contributed by atoms with Crippen LogP contribution in [-0.4, -0.2) is 71.5 Å². The number of hydrogen-bond donors (Lipinski definition) is 1. The van der Waals surface area contributed by atoms with Crippen LogP contribution in [0.2, 0.25) is 5.02 Å². The summed E-state index contributed by atoms with van der Waals surface area (Å²) in [5.74, 6) is -0.395. The number of benzene rings is 2. The largest absolute Gasteiger partial charge is 0.462 e. The van der Waals surface area contributed by atoms with Gasteiger partial charge in [0.1, 0.15) is 30.3 Å². The number of rotatable bonds is 5. The Hall–Kier alpha value is -2.89. The Balaban J connectivity index is 1.50. The molecule has 0 aliphatic carbocycles. The van der Waals surface area contributed by atoms with Crippen molar-refractivity contribution in [1.82, 2.24) is 19.9 Å². The van der Waals surface area contributed by atoms with Gasteiger partial charge in [0, 0.05) is 29.1 Å². The Kier molecular flexibility index (Phi) is 7.15. The Labute approximate surface area is 232 Å². The molecule has 206 valence electrons. The fourth-order valence-corrected chi connectivity index (χ4v) is 6.56. The predicted octanol–water partition coefficient (Wildman–Crippen LogP) is 6.03. The van der Waals surface area contributed by atoms with Crippen LogP contribution in [-0.2, 0) is 0 Å². The standard InChI is InChI=1S/C27H28ClF3N6OS/c1-36-9-3-5-14(36)13-38-27-34-24-16(25(35-27)37-10-4-7-18(29)19(30)12-37)11-17(28)21(22(24)31)15-6-2-8-20-23(15)33-26(32)39-20/h2,6,8,11,14,18-19H,3-5,7,9-10,12-13H2,1H3,(H2,32,33)/t14-,18?,19?/m0/s1. The van der Waals surface area contributed by atoms with Crippen LogP contribution >= 0.6 is 22.9 Å². The average molecular weight is 577 g/mol. The highest BCUT2D eigenvalue weighted by Gasteiger charge is 2.30. The highest BCUT2D eigenvalue weighted by molar-refractivity contribution is 7.22. The van der Waals surface area contributed by atoms with Gasteiger partial charge >= 0.3 is 6.01 Å². The van der Waals surface area contributed by atoms with Gasteiger partial charge < -0.3 is 20.3 Å². The number of para-hydroxylation sites is 1. The molecule has 2 saturated heterocycles. The number of ether oxygens (including phenoxy) is 1. The summed E-state index contributed by atoms with van der Waals surface area (Å²) in [6.07, 6.45) is -0.682. The lowest BCUT2D eigenvalue weighted by Crippen LogP contribution is -2.33. The summed E-state index contributed by atoms with van der Waals surface area (Å²) in [6.45, 7) is 1.45. The number of nitrogen functional groups attached to an aromatic ring is 1. The number of likely N-dealkylation sites (tertiary alicyclic amines) is 1. The van der Waals surface area contributed by atoms with E-state index in [-0.39, 0.29) is 46.9 Å². The van der Waals surface area contributed by atoms with Crippen molar-refractivity contribution in [2.75, 3.05) is 43.9 Å². The van der Waals surface area contributed by atoms with Crippen LogP contribution in [0.25, 0.3) is 32.2 Å². The number of hydrogen-bond acceptors (Lipinski definition) is 8. The molecule has 0 saturated carbocycles. The minimum absolute atomic E-state index is 0.00849. The molecule has 0 amide bonds. The van der Waals surface area contributed by atoms with Gasteiger partial charge in [-0.1, -0.05) is 35.1 Å². The van der Waals surface area contributed by atoms with Gasteiger partial charge in [-0.25, -0.2) is 18.2 Å². The van der Waals surface area contributed by atoms with E-state index in [0.717, 1.165) is 24.1 Å². The Morgan fingerprint density at radius 2 is 1.92 bits per heavy atom. The highest BCUT2D eigenvalue weighted by Crippen LogP contribution is 2.42. The first kappa shape index (κ1) is 26.3. The molecular formula is C27H28ClF3N6OS. The number of aromatic nitrogens is 3. The van der Waals surface area contributed by atoms with Crippen molar-refractivity contribution in [3.63, 3.8) is 0 Å². The molecule has 4 heterocycles. The minimum atomic E-state index is -1.69. The first-order valence-electron chi connectivity index (χ1n) is 13.0. The lowest BCUT2D eigenvalue weighted by atomic mass is 10.0. The number of alkyl halides is 2. The normalized spacial score (nSPS) is 22.6. The first-order chi connectivity index (χ1) is 18.8. The summed E-state index contributed by atoms with van der Waals surface area (Å²) in [7, 11) is 2.03. The molecule has 12 heteroatoms. The maximum Gasteiger partial charge on any atom is 0.319 e. The maximum atomic E-state index is 16.5. The molecule has 4 aromatic rings. The molecule has 2 aromatic carbocycles. The molecule has 7 nitrogen and oxygen atoms in total. The number of nitrogens with two attached hydrogens (primary N) is 1. The van der Waals surface area contributed by atoms with Crippen molar-refractivity contribution in [2.45, 2.75) is 44.1 Å². The molecule has 2 aromatic heterocycles. The quantitative estimate of drug-likeness (QED) is 0.311. The van der Waals surface area contributed by atoms with E-state index in [1.54, 1.807) is 23.1 Å². The zero-order valence-corrected chi connectivity index (χ0v) is 22.9. The van der Waals surface area contributed by atoms with Gasteiger partial charge in [0.2, 0.25) is 0 Å². The third-order valence-corrected chi connectivity index (χ3v) is 8.77. The van der Waals surface area contributed by atoms with Crippen molar-refractivity contribution in [2.24, 2.45) is 0 Å². The molecule has 0 spiro atoms. The lowest BCUT2D eigenvalue weighted by Gasteiger charge is -2.25. The van der Waals surface area contributed by atoms with Gasteiger partial charge in [-0.05, 0) is 51.4 Å². The molecule has 6 rings (SSSR count). The van der Waals surface area contributed by atoms with Gasteiger partial charge in [0.25, 0.3) is 0 Å². The number of thiazole rings is 1. The van der Waals surface area contributed by atoms with Gasteiger partial charge in [-0.15, -0.1) is 0 Å². The van der Waals surface area contributed by atoms with Crippen molar-refractivity contribution in [1.29, 1.82) is 0 Å². The number of fused-ring (bicyclic) bond motifs is 2. The average Bonchev–Trinajstić information content (AvgIpc) is 3.46. The first-order valence-corrected chi connectivity index (χ1v) is 14.2. The SMILES string of the molecule is CN1CCC[C@H]1COc1nc(N2CCCC(F)C(F)C2)c2cc(Cl)c(-c3cccc4sc(N)nc34)c(F)c2n1. The Morgan fingerprint density at radius 1 is 1.10 bits per heavy atom. The topological polar surface area (TPSA) is 80.4 Å². The van der Waals surface area contributed by atoms with E-state index >= 15 is 4.39 Å². The maximum absolute atomic E-state index is 16.5.